The molecule has 1 saturated heterocycles. The number of halogens is 2. The lowest BCUT2D eigenvalue weighted by Crippen LogP contribution is -2.58. The standard InChI is InChI=1S/C18H12BrFN4O3S/c19-11-4-6-13(7-5-11)24-17(27)14(16(26)22-18(24)28)9-21-23-15(25)10-2-1-3-12(20)8-10/h1-9,14H,(H,23,25)(H,22,26,28)/b21-9-/t14-/m1/s1. The number of hydrazone groups is 1. The molecule has 1 atom stereocenters. The summed E-state index contributed by atoms with van der Waals surface area (Å²) in [5, 5.41) is 6.05. The number of benzene rings is 2. The van der Waals surface area contributed by atoms with Gasteiger partial charge in [0, 0.05) is 16.3 Å². The molecule has 3 rings (SSSR count). The molecule has 0 bridgehead atoms. The molecule has 0 spiro atoms. The SMILES string of the molecule is O=C(N/N=C\[C@@H]1C(=O)NC(=S)N(c2ccc(Br)cc2)C1=O)c1cccc(F)c1. The molecule has 2 N–H and O–H groups in total. The molecule has 0 radical (unpaired) electrons. The summed E-state index contributed by atoms with van der Waals surface area (Å²) in [5.74, 6) is -3.81. The average molecular weight is 463 g/mol. The van der Waals surface area contributed by atoms with Gasteiger partial charge in [0.25, 0.3) is 11.8 Å². The van der Waals surface area contributed by atoms with Gasteiger partial charge in [-0.15, -0.1) is 0 Å². The lowest BCUT2D eigenvalue weighted by atomic mass is 10.1. The van der Waals surface area contributed by atoms with Crippen molar-refractivity contribution >= 4 is 62.9 Å². The molecule has 2 aromatic rings. The zero-order valence-electron chi connectivity index (χ0n) is 14.1. The molecule has 142 valence electrons. The van der Waals surface area contributed by atoms with Crippen LogP contribution >= 0.6 is 28.1 Å². The smallest absolute Gasteiger partial charge is 0.271 e. The van der Waals surface area contributed by atoms with Gasteiger partial charge in [0.05, 0.1) is 5.69 Å². The Labute approximate surface area is 172 Å². The number of carbonyl (C=O) groups is 3. The zero-order chi connectivity index (χ0) is 20.3. The second-order valence-electron chi connectivity index (χ2n) is 5.65. The van der Waals surface area contributed by atoms with Crippen LogP contribution in [-0.2, 0) is 9.59 Å². The molecule has 0 aliphatic carbocycles. The summed E-state index contributed by atoms with van der Waals surface area (Å²) in [6.07, 6.45) is 1.00. The first-order valence-corrected chi connectivity index (χ1v) is 9.10. The van der Waals surface area contributed by atoms with E-state index in [0.29, 0.717) is 5.69 Å². The van der Waals surface area contributed by atoms with E-state index in [1.807, 2.05) is 0 Å². The van der Waals surface area contributed by atoms with Gasteiger partial charge in [0.15, 0.2) is 11.0 Å². The highest BCUT2D eigenvalue weighted by Crippen LogP contribution is 2.22. The molecule has 10 heteroatoms. The Kier molecular flexibility index (Phi) is 5.90. The first-order chi connectivity index (χ1) is 13.4. The molecular weight excluding hydrogens is 451 g/mol. The van der Waals surface area contributed by atoms with Gasteiger partial charge in [-0.2, -0.15) is 5.10 Å². The van der Waals surface area contributed by atoms with E-state index in [1.54, 1.807) is 24.3 Å². The maximum Gasteiger partial charge on any atom is 0.271 e. The normalized spacial score (nSPS) is 17.0. The molecule has 1 aliphatic rings. The topological polar surface area (TPSA) is 90.9 Å². The van der Waals surface area contributed by atoms with Crippen LogP contribution in [0.3, 0.4) is 0 Å². The van der Waals surface area contributed by atoms with Gasteiger partial charge < -0.3 is 5.32 Å². The number of carbonyl (C=O) groups excluding carboxylic acids is 3. The lowest BCUT2D eigenvalue weighted by Gasteiger charge is -2.30. The van der Waals surface area contributed by atoms with E-state index in [4.69, 9.17) is 12.2 Å². The van der Waals surface area contributed by atoms with Crippen LogP contribution in [-0.4, -0.2) is 29.0 Å². The third kappa shape index (κ3) is 4.29. The maximum atomic E-state index is 13.2. The van der Waals surface area contributed by atoms with Gasteiger partial charge in [0.2, 0.25) is 5.91 Å². The summed E-state index contributed by atoms with van der Waals surface area (Å²) < 4.78 is 14.0. The summed E-state index contributed by atoms with van der Waals surface area (Å²) in [7, 11) is 0. The molecule has 2 aromatic carbocycles. The van der Waals surface area contributed by atoms with Crippen molar-refractivity contribution in [2.75, 3.05) is 4.90 Å². The van der Waals surface area contributed by atoms with Crippen molar-refractivity contribution in [1.82, 2.24) is 10.7 Å². The predicted molar refractivity (Wildman–Crippen MR) is 108 cm³/mol. The van der Waals surface area contributed by atoms with Gasteiger partial charge in [-0.3, -0.25) is 19.3 Å². The van der Waals surface area contributed by atoms with Crippen LogP contribution < -0.4 is 15.6 Å². The Hall–Kier alpha value is -2.98. The van der Waals surface area contributed by atoms with Crippen LogP contribution in [0, 0.1) is 11.7 Å². The minimum Gasteiger partial charge on any atom is -0.301 e. The molecule has 1 fully saturated rings. The maximum absolute atomic E-state index is 13.2. The van der Waals surface area contributed by atoms with Gasteiger partial charge in [-0.05, 0) is 54.7 Å². The number of nitrogens with zero attached hydrogens (tertiary/aromatic N) is 2. The summed E-state index contributed by atoms with van der Waals surface area (Å²) in [4.78, 5) is 38.0. The van der Waals surface area contributed by atoms with Crippen LogP contribution in [0.25, 0.3) is 0 Å². The van der Waals surface area contributed by atoms with Crippen molar-refractivity contribution in [1.29, 1.82) is 0 Å². The first-order valence-electron chi connectivity index (χ1n) is 7.90. The monoisotopic (exact) mass is 462 g/mol. The van der Waals surface area contributed by atoms with Crippen molar-refractivity contribution in [2.45, 2.75) is 0 Å². The van der Waals surface area contributed by atoms with Crippen LogP contribution in [0.5, 0.6) is 0 Å². The Morgan fingerprint density at radius 2 is 1.96 bits per heavy atom. The number of amides is 3. The van der Waals surface area contributed by atoms with Gasteiger partial charge in [-0.1, -0.05) is 22.0 Å². The fraction of sp³-hybridized carbons (Fsp3) is 0.0556. The highest BCUT2D eigenvalue weighted by Gasteiger charge is 2.38. The highest BCUT2D eigenvalue weighted by molar-refractivity contribution is 9.10. The summed E-state index contributed by atoms with van der Waals surface area (Å²) in [5.41, 5.74) is 2.68. The van der Waals surface area contributed by atoms with E-state index in [9.17, 15) is 18.8 Å². The first kappa shape index (κ1) is 19.8. The quantitative estimate of drug-likeness (QED) is 0.315. The summed E-state index contributed by atoms with van der Waals surface area (Å²) in [6, 6.07) is 11.8. The van der Waals surface area contributed by atoms with Crippen LogP contribution in [0.2, 0.25) is 0 Å². The van der Waals surface area contributed by atoms with Gasteiger partial charge >= 0.3 is 0 Å². The highest BCUT2D eigenvalue weighted by atomic mass is 79.9. The second kappa shape index (κ2) is 8.36. The fourth-order valence-corrected chi connectivity index (χ4v) is 2.98. The molecular formula is C18H12BrFN4O3S. The molecule has 3 amide bonds. The summed E-state index contributed by atoms with van der Waals surface area (Å²) >= 11 is 8.39. The van der Waals surface area contributed by atoms with Crippen molar-refractivity contribution in [3.63, 3.8) is 0 Å². The van der Waals surface area contributed by atoms with Crippen LogP contribution in [0.1, 0.15) is 10.4 Å². The third-order valence-corrected chi connectivity index (χ3v) is 4.58. The largest absolute Gasteiger partial charge is 0.301 e. The van der Waals surface area contributed by atoms with Gasteiger partial charge in [-0.25, -0.2) is 9.82 Å². The molecule has 0 saturated carbocycles. The van der Waals surface area contributed by atoms with Gasteiger partial charge in [0.1, 0.15) is 5.82 Å². The number of hydrogen-bond acceptors (Lipinski definition) is 5. The number of rotatable bonds is 4. The minimum atomic E-state index is -1.29. The Bertz CT molecular complexity index is 997. The van der Waals surface area contributed by atoms with E-state index >= 15 is 0 Å². The van der Waals surface area contributed by atoms with E-state index in [-0.39, 0.29) is 10.7 Å². The van der Waals surface area contributed by atoms with Crippen LogP contribution in [0.4, 0.5) is 10.1 Å². The van der Waals surface area contributed by atoms with E-state index in [0.717, 1.165) is 16.8 Å². The number of hydrogen-bond donors (Lipinski definition) is 2. The summed E-state index contributed by atoms with van der Waals surface area (Å²) in [6.45, 7) is 0. The van der Waals surface area contributed by atoms with Crippen LogP contribution in [0.15, 0.2) is 58.1 Å². The van der Waals surface area contributed by atoms with E-state index in [2.05, 4.69) is 31.8 Å². The zero-order valence-corrected chi connectivity index (χ0v) is 16.5. The molecule has 7 nitrogen and oxygen atoms in total. The van der Waals surface area contributed by atoms with Crippen molar-refractivity contribution < 1.29 is 18.8 Å². The fourth-order valence-electron chi connectivity index (χ4n) is 2.42. The third-order valence-electron chi connectivity index (χ3n) is 3.76. The lowest BCUT2D eigenvalue weighted by molar-refractivity contribution is -0.130. The molecule has 1 aliphatic heterocycles. The Morgan fingerprint density at radius 1 is 1.25 bits per heavy atom. The van der Waals surface area contributed by atoms with Crippen molar-refractivity contribution in [3.05, 3.63) is 64.4 Å². The number of anilines is 1. The van der Waals surface area contributed by atoms with E-state index in [1.165, 1.54) is 23.1 Å². The minimum absolute atomic E-state index is 0.0502. The Morgan fingerprint density at radius 3 is 2.64 bits per heavy atom. The van der Waals surface area contributed by atoms with E-state index < -0.39 is 29.5 Å². The van der Waals surface area contributed by atoms with Crippen molar-refractivity contribution in [2.24, 2.45) is 11.0 Å². The second-order valence-corrected chi connectivity index (χ2v) is 6.95. The number of nitrogens with one attached hydrogen (secondary N) is 2. The number of thiocarbonyl (C=S) groups is 1. The Balaban J connectivity index is 1.75. The molecule has 0 unspecified atom stereocenters. The molecule has 1 heterocycles. The average Bonchev–Trinajstić information content (AvgIpc) is 2.65. The molecule has 28 heavy (non-hydrogen) atoms. The predicted octanol–water partition coefficient (Wildman–Crippen LogP) is 2.37. The molecule has 0 aromatic heterocycles. The van der Waals surface area contributed by atoms with Crippen molar-refractivity contribution in [3.8, 4) is 0 Å².